The molecule has 3 heterocycles. The van der Waals surface area contributed by atoms with Crippen LogP contribution < -0.4 is 10.4 Å². The van der Waals surface area contributed by atoms with Crippen LogP contribution in [0, 0.1) is 11.8 Å². The summed E-state index contributed by atoms with van der Waals surface area (Å²) in [6.45, 7) is 1.96. The van der Waals surface area contributed by atoms with Crippen molar-refractivity contribution in [3.05, 3.63) is 60.4 Å². The van der Waals surface area contributed by atoms with E-state index < -0.39 is 22.2 Å². The molecule has 3 aromatic rings. The highest BCUT2D eigenvalue weighted by Gasteiger charge is 2.60. The number of ether oxygens (including phenoxy) is 1. The maximum atomic E-state index is 13.3. The number of rotatable bonds is 7. The van der Waals surface area contributed by atoms with Gasteiger partial charge in [-0.25, -0.2) is 28.7 Å². The fourth-order valence-corrected chi connectivity index (χ4v) is 6.92. The number of hydroxylamine groups is 1. The molecule has 3 unspecified atom stereocenters. The zero-order chi connectivity index (χ0) is 25.6. The molecule has 2 saturated heterocycles. The number of sulfonamides is 1. The Bertz CT molecular complexity index is 1400. The molecule has 2 aliphatic heterocycles. The van der Waals surface area contributed by atoms with E-state index >= 15 is 0 Å². The molecule has 3 aliphatic rings. The minimum Gasteiger partial charge on any atom is -0.350 e. The maximum Gasteiger partial charge on any atom is 0.278 e. The van der Waals surface area contributed by atoms with Crippen LogP contribution in [0.15, 0.2) is 59.8 Å². The Labute approximate surface area is 215 Å². The van der Waals surface area contributed by atoms with Crippen molar-refractivity contribution in [2.45, 2.75) is 36.5 Å². The third-order valence-electron chi connectivity index (χ3n) is 7.57. The molecule has 0 spiro atoms. The monoisotopic (exact) mass is 523 g/mol. The van der Waals surface area contributed by atoms with Gasteiger partial charge in [-0.05, 0) is 47.6 Å². The Balaban J connectivity index is 1.05. The second-order valence-corrected chi connectivity index (χ2v) is 11.9. The van der Waals surface area contributed by atoms with Crippen molar-refractivity contribution in [2.75, 3.05) is 31.6 Å². The smallest absolute Gasteiger partial charge is 0.278 e. The van der Waals surface area contributed by atoms with Gasteiger partial charge in [-0.15, -0.1) is 0 Å². The minimum absolute atomic E-state index is 0.0445. The highest BCUT2D eigenvalue weighted by Crippen LogP contribution is 2.50. The van der Waals surface area contributed by atoms with Gasteiger partial charge in [-0.1, -0.05) is 30.3 Å². The molecule has 11 heteroatoms. The van der Waals surface area contributed by atoms with Gasteiger partial charge in [0.15, 0.2) is 6.29 Å². The molecule has 1 aliphatic carbocycles. The fourth-order valence-electron chi connectivity index (χ4n) is 5.44. The van der Waals surface area contributed by atoms with Crippen LogP contribution in [0.25, 0.3) is 10.8 Å². The first-order valence-corrected chi connectivity index (χ1v) is 14.0. The molecule has 0 bridgehead atoms. The average molecular weight is 524 g/mol. The van der Waals surface area contributed by atoms with E-state index in [1.807, 2.05) is 35.2 Å². The molecule has 37 heavy (non-hydrogen) atoms. The van der Waals surface area contributed by atoms with Crippen molar-refractivity contribution in [2.24, 2.45) is 11.8 Å². The van der Waals surface area contributed by atoms with Crippen LogP contribution in [0.3, 0.4) is 0 Å². The number of fused-ring (bicyclic) bond motifs is 2. The lowest BCUT2D eigenvalue weighted by Gasteiger charge is -2.24. The van der Waals surface area contributed by atoms with E-state index in [1.165, 1.54) is 16.7 Å². The Kier molecular flexibility index (Phi) is 6.31. The number of carbonyl (C=O) groups is 1. The molecule has 0 radical (unpaired) electrons. The van der Waals surface area contributed by atoms with Gasteiger partial charge in [0.2, 0.25) is 16.0 Å². The largest absolute Gasteiger partial charge is 0.350 e. The number of hydrogen-bond acceptors (Lipinski definition) is 8. The van der Waals surface area contributed by atoms with Crippen molar-refractivity contribution >= 4 is 32.7 Å². The molecule has 194 valence electrons. The Morgan fingerprint density at radius 2 is 1.81 bits per heavy atom. The van der Waals surface area contributed by atoms with Crippen LogP contribution in [0.5, 0.6) is 0 Å². The lowest BCUT2D eigenvalue weighted by atomic mass is 10.1. The van der Waals surface area contributed by atoms with Crippen LogP contribution in [0.4, 0.5) is 5.95 Å². The van der Waals surface area contributed by atoms with Gasteiger partial charge in [0, 0.05) is 51.6 Å². The normalized spacial score (nSPS) is 25.3. The summed E-state index contributed by atoms with van der Waals surface area (Å²) < 4.78 is 33.6. The van der Waals surface area contributed by atoms with Crippen molar-refractivity contribution in [1.82, 2.24) is 19.8 Å². The number of benzene rings is 2. The molecule has 3 atom stereocenters. The molecule has 1 amide bonds. The van der Waals surface area contributed by atoms with E-state index in [9.17, 15) is 13.2 Å². The van der Waals surface area contributed by atoms with Gasteiger partial charge in [-0.2, -0.15) is 4.31 Å². The van der Waals surface area contributed by atoms with Crippen molar-refractivity contribution in [1.29, 1.82) is 0 Å². The SMILES string of the molecule is CN(C1C2CN(c3ncc(C(=O)NOC4CCCCO4)cn3)CC21)S(=O)(=O)c1ccc2ccccc2c1. The zero-order valence-electron chi connectivity index (χ0n) is 20.5. The lowest BCUT2D eigenvalue weighted by Crippen LogP contribution is -2.37. The number of nitrogens with one attached hydrogen (secondary N) is 1. The number of amides is 1. The van der Waals surface area contributed by atoms with E-state index in [-0.39, 0.29) is 17.9 Å². The van der Waals surface area contributed by atoms with Gasteiger partial charge in [0.1, 0.15) is 0 Å². The quantitative estimate of drug-likeness (QED) is 0.470. The number of piperidine rings is 1. The molecule has 1 N–H and O–H groups in total. The summed E-state index contributed by atoms with van der Waals surface area (Å²) in [4.78, 5) is 28.7. The zero-order valence-corrected chi connectivity index (χ0v) is 21.3. The Morgan fingerprint density at radius 3 is 2.51 bits per heavy atom. The second kappa shape index (κ2) is 9.64. The minimum atomic E-state index is -3.60. The standard InChI is InChI=1S/C26H29N5O5S/c1-30(37(33,34)20-10-9-17-6-2-3-7-18(17)12-20)24-21-15-31(16-22(21)24)26-27-13-19(14-28-26)25(32)29-36-23-8-4-5-11-35-23/h2-3,6-7,9-10,12-14,21-24H,4-5,8,11,15-16H2,1H3,(H,29,32). The van der Waals surface area contributed by atoms with Crippen LogP contribution in [-0.2, 0) is 19.6 Å². The molecular weight excluding hydrogens is 494 g/mol. The molecule has 10 nitrogen and oxygen atoms in total. The molecule has 1 aromatic heterocycles. The summed E-state index contributed by atoms with van der Waals surface area (Å²) in [7, 11) is -1.93. The van der Waals surface area contributed by atoms with Gasteiger partial charge in [0.25, 0.3) is 5.91 Å². The molecule has 1 saturated carbocycles. The molecular formula is C26H29N5O5S. The highest BCUT2D eigenvalue weighted by atomic mass is 32.2. The van der Waals surface area contributed by atoms with E-state index in [0.29, 0.717) is 36.1 Å². The average Bonchev–Trinajstić information content (AvgIpc) is 3.43. The number of aromatic nitrogens is 2. The third kappa shape index (κ3) is 4.68. The predicted octanol–water partition coefficient (Wildman–Crippen LogP) is 2.57. The summed E-state index contributed by atoms with van der Waals surface area (Å²) in [5.41, 5.74) is 2.70. The maximum absolute atomic E-state index is 13.3. The van der Waals surface area contributed by atoms with Crippen molar-refractivity contribution in [3.63, 3.8) is 0 Å². The Hall–Kier alpha value is -3.12. The summed E-state index contributed by atoms with van der Waals surface area (Å²) in [5.74, 6) is 0.538. The molecule has 3 fully saturated rings. The van der Waals surface area contributed by atoms with Crippen molar-refractivity contribution in [3.8, 4) is 0 Å². The van der Waals surface area contributed by atoms with Crippen LogP contribution >= 0.6 is 0 Å². The number of hydrogen-bond donors (Lipinski definition) is 1. The second-order valence-electron chi connectivity index (χ2n) is 9.87. The van der Waals surface area contributed by atoms with Crippen LogP contribution in [0.2, 0.25) is 0 Å². The van der Waals surface area contributed by atoms with Crippen molar-refractivity contribution < 1.29 is 22.8 Å². The van der Waals surface area contributed by atoms with Gasteiger partial charge >= 0.3 is 0 Å². The van der Waals surface area contributed by atoms with Crippen LogP contribution in [0.1, 0.15) is 29.6 Å². The lowest BCUT2D eigenvalue weighted by molar-refractivity contribution is -0.186. The van der Waals surface area contributed by atoms with Crippen LogP contribution in [-0.4, -0.2) is 67.7 Å². The summed E-state index contributed by atoms with van der Waals surface area (Å²) in [6.07, 6.45) is 5.26. The highest BCUT2D eigenvalue weighted by molar-refractivity contribution is 7.89. The molecule has 2 aromatic carbocycles. The summed E-state index contributed by atoms with van der Waals surface area (Å²) in [5, 5.41) is 1.92. The van der Waals surface area contributed by atoms with E-state index in [0.717, 1.165) is 30.0 Å². The third-order valence-corrected chi connectivity index (χ3v) is 9.42. The fraction of sp³-hybridized carbons (Fsp3) is 0.423. The van der Waals surface area contributed by atoms with Gasteiger partial charge in [0.05, 0.1) is 10.5 Å². The topological polar surface area (TPSA) is 114 Å². The predicted molar refractivity (Wildman–Crippen MR) is 136 cm³/mol. The summed E-state index contributed by atoms with van der Waals surface area (Å²) >= 11 is 0. The summed E-state index contributed by atoms with van der Waals surface area (Å²) in [6, 6.07) is 13.0. The van der Waals surface area contributed by atoms with E-state index in [4.69, 9.17) is 9.57 Å². The van der Waals surface area contributed by atoms with Gasteiger partial charge in [-0.3, -0.25) is 4.79 Å². The first-order chi connectivity index (χ1) is 17.9. The first-order valence-electron chi connectivity index (χ1n) is 12.5. The molecule has 6 rings (SSSR count). The number of anilines is 1. The van der Waals surface area contributed by atoms with E-state index in [2.05, 4.69) is 15.4 Å². The number of carbonyl (C=O) groups excluding carboxylic acids is 1. The van der Waals surface area contributed by atoms with Gasteiger partial charge < -0.3 is 9.64 Å². The number of nitrogens with zero attached hydrogens (tertiary/aromatic N) is 4. The Morgan fingerprint density at radius 1 is 1.08 bits per heavy atom. The van der Waals surface area contributed by atoms with E-state index in [1.54, 1.807) is 19.2 Å². The first kappa shape index (κ1) is 24.2.